The van der Waals surface area contributed by atoms with E-state index in [1.807, 2.05) is 24.3 Å². The number of amides is 1. The first kappa shape index (κ1) is 14.2. The zero-order valence-electron chi connectivity index (χ0n) is 12.4. The summed E-state index contributed by atoms with van der Waals surface area (Å²) in [5.74, 6) is 0.0253. The third kappa shape index (κ3) is 2.97. The molecule has 1 unspecified atom stereocenters. The number of fused-ring (bicyclic) bond motifs is 1. The van der Waals surface area contributed by atoms with Gasteiger partial charge in [0.15, 0.2) is 0 Å². The van der Waals surface area contributed by atoms with Crippen molar-refractivity contribution in [2.75, 3.05) is 30.8 Å². The largest absolute Gasteiger partial charge is 0.388 e. The van der Waals surface area contributed by atoms with Crippen LogP contribution in [0.4, 0.5) is 11.4 Å². The quantitative estimate of drug-likeness (QED) is 0.792. The molecule has 2 aliphatic rings. The molecule has 0 aromatic heterocycles. The maximum absolute atomic E-state index is 12.6. The van der Waals surface area contributed by atoms with Gasteiger partial charge in [-0.15, -0.1) is 0 Å². The molecule has 1 aromatic rings. The lowest BCUT2D eigenvalue weighted by molar-refractivity contribution is -0.133. The van der Waals surface area contributed by atoms with Gasteiger partial charge in [0, 0.05) is 20.1 Å². The summed E-state index contributed by atoms with van der Waals surface area (Å²) in [5.41, 5.74) is 1.29. The average molecular weight is 289 g/mol. The molecule has 1 atom stereocenters. The van der Waals surface area contributed by atoms with Gasteiger partial charge in [-0.2, -0.15) is 0 Å². The molecule has 1 aliphatic heterocycles. The standard InChI is InChI=1S/C16H23N3O2/c1-19(11-16(21)8-4-5-9-16)15(20)14-10-17-12-6-2-3-7-13(12)18-14/h2-3,6-7,14,17-18,21H,4-5,8-11H2,1H3. The van der Waals surface area contributed by atoms with Gasteiger partial charge in [-0.25, -0.2) is 0 Å². The number of anilines is 2. The highest BCUT2D eigenvalue weighted by atomic mass is 16.3. The molecule has 0 saturated heterocycles. The molecule has 1 fully saturated rings. The fourth-order valence-electron chi connectivity index (χ4n) is 3.34. The highest BCUT2D eigenvalue weighted by Gasteiger charge is 2.35. The van der Waals surface area contributed by atoms with Crippen LogP contribution in [-0.4, -0.2) is 47.7 Å². The average Bonchev–Trinajstić information content (AvgIpc) is 2.92. The van der Waals surface area contributed by atoms with Gasteiger partial charge in [0.25, 0.3) is 0 Å². The maximum atomic E-state index is 12.6. The molecule has 5 heteroatoms. The zero-order valence-corrected chi connectivity index (χ0v) is 12.4. The lowest BCUT2D eigenvalue weighted by atomic mass is 10.0. The molecule has 0 radical (unpaired) electrons. The van der Waals surface area contributed by atoms with Crippen molar-refractivity contribution in [3.63, 3.8) is 0 Å². The molecule has 1 heterocycles. The van der Waals surface area contributed by atoms with Gasteiger partial charge >= 0.3 is 0 Å². The van der Waals surface area contributed by atoms with Gasteiger partial charge in [0.2, 0.25) is 5.91 Å². The first-order valence-electron chi connectivity index (χ1n) is 7.64. The van der Waals surface area contributed by atoms with Crippen molar-refractivity contribution >= 4 is 17.3 Å². The number of hydrogen-bond donors (Lipinski definition) is 3. The molecule has 3 rings (SSSR count). The Morgan fingerprint density at radius 3 is 2.71 bits per heavy atom. The highest BCUT2D eigenvalue weighted by Crippen LogP contribution is 2.30. The number of carbonyl (C=O) groups is 1. The predicted molar refractivity (Wildman–Crippen MR) is 83.4 cm³/mol. The predicted octanol–water partition coefficient (Wildman–Crippen LogP) is 1.66. The molecule has 5 nitrogen and oxygen atoms in total. The maximum Gasteiger partial charge on any atom is 0.246 e. The Hall–Kier alpha value is -1.75. The van der Waals surface area contributed by atoms with Crippen LogP contribution in [0, 0.1) is 0 Å². The summed E-state index contributed by atoms with van der Waals surface area (Å²) >= 11 is 0. The SMILES string of the molecule is CN(CC1(O)CCCC1)C(=O)C1CNc2ccccc2N1. The van der Waals surface area contributed by atoms with Crippen LogP contribution < -0.4 is 10.6 Å². The third-order valence-corrected chi connectivity index (χ3v) is 4.49. The Morgan fingerprint density at radius 1 is 1.33 bits per heavy atom. The van der Waals surface area contributed by atoms with Crippen LogP contribution in [0.1, 0.15) is 25.7 Å². The number of nitrogens with one attached hydrogen (secondary N) is 2. The van der Waals surface area contributed by atoms with E-state index < -0.39 is 5.60 Å². The fourth-order valence-corrected chi connectivity index (χ4v) is 3.34. The molecule has 1 aromatic carbocycles. The van der Waals surface area contributed by atoms with Crippen molar-refractivity contribution in [1.29, 1.82) is 0 Å². The Balaban J connectivity index is 1.63. The van der Waals surface area contributed by atoms with Crippen molar-refractivity contribution in [3.05, 3.63) is 24.3 Å². The number of para-hydroxylation sites is 2. The summed E-state index contributed by atoms with van der Waals surface area (Å²) in [5, 5.41) is 17.0. The second kappa shape index (κ2) is 5.56. The van der Waals surface area contributed by atoms with Crippen LogP contribution in [0.15, 0.2) is 24.3 Å². The van der Waals surface area contributed by atoms with Crippen LogP contribution in [0.5, 0.6) is 0 Å². The number of aliphatic hydroxyl groups is 1. The van der Waals surface area contributed by atoms with Crippen LogP contribution in [0.25, 0.3) is 0 Å². The minimum atomic E-state index is -0.690. The first-order chi connectivity index (χ1) is 10.1. The van der Waals surface area contributed by atoms with Crippen molar-refractivity contribution in [1.82, 2.24) is 4.90 Å². The Labute approximate surface area is 125 Å². The van der Waals surface area contributed by atoms with E-state index in [2.05, 4.69) is 10.6 Å². The van der Waals surface area contributed by atoms with Gasteiger partial charge < -0.3 is 20.6 Å². The van der Waals surface area contributed by atoms with E-state index in [1.165, 1.54) is 0 Å². The van der Waals surface area contributed by atoms with E-state index in [4.69, 9.17) is 0 Å². The summed E-state index contributed by atoms with van der Waals surface area (Å²) in [4.78, 5) is 14.2. The molecule has 21 heavy (non-hydrogen) atoms. The number of hydrogen-bond acceptors (Lipinski definition) is 4. The molecule has 0 spiro atoms. The van der Waals surface area contributed by atoms with Gasteiger partial charge in [0.1, 0.15) is 6.04 Å². The van der Waals surface area contributed by atoms with Crippen LogP contribution in [0.2, 0.25) is 0 Å². The molecule has 0 bridgehead atoms. The number of nitrogens with zero attached hydrogens (tertiary/aromatic N) is 1. The summed E-state index contributed by atoms with van der Waals surface area (Å²) < 4.78 is 0. The number of rotatable bonds is 3. The number of carbonyl (C=O) groups excluding carboxylic acids is 1. The second-order valence-corrected chi connectivity index (χ2v) is 6.25. The zero-order chi connectivity index (χ0) is 14.9. The second-order valence-electron chi connectivity index (χ2n) is 6.25. The monoisotopic (exact) mass is 289 g/mol. The van der Waals surface area contributed by atoms with Crippen molar-refractivity contribution in [2.24, 2.45) is 0 Å². The topological polar surface area (TPSA) is 64.6 Å². The summed E-state index contributed by atoms with van der Waals surface area (Å²) in [6.45, 7) is 0.990. The number of benzene rings is 1. The first-order valence-corrected chi connectivity index (χ1v) is 7.64. The van der Waals surface area contributed by atoms with Gasteiger partial charge in [-0.05, 0) is 25.0 Å². The molecule has 1 amide bonds. The summed E-state index contributed by atoms with van der Waals surface area (Å²) in [6, 6.07) is 7.60. The van der Waals surface area contributed by atoms with Crippen LogP contribution in [-0.2, 0) is 4.79 Å². The summed E-state index contributed by atoms with van der Waals surface area (Å²) in [6.07, 6.45) is 3.69. The molecule has 114 valence electrons. The highest BCUT2D eigenvalue weighted by molar-refractivity contribution is 5.88. The fraction of sp³-hybridized carbons (Fsp3) is 0.562. The van der Waals surface area contributed by atoms with Crippen molar-refractivity contribution in [2.45, 2.75) is 37.3 Å². The summed E-state index contributed by atoms with van der Waals surface area (Å²) in [7, 11) is 1.78. The van der Waals surface area contributed by atoms with E-state index in [0.29, 0.717) is 13.1 Å². The molecular weight excluding hydrogens is 266 g/mol. The van der Waals surface area contributed by atoms with Gasteiger partial charge in [-0.3, -0.25) is 4.79 Å². The smallest absolute Gasteiger partial charge is 0.246 e. The molecule has 1 aliphatic carbocycles. The minimum Gasteiger partial charge on any atom is -0.388 e. The van der Waals surface area contributed by atoms with Crippen molar-refractivity contribution in [3.8, 4) is 0 Å². The van der Waals surface area contributed by atoms with Crippen LogP contribution in [0.3, 0.4) is 0 Å². The molecular formula is C16H23N3O2. The Morgan fingerprint density at radius 2 is 2.00 bits per heavy atom. The minimum absolute atomic E-state index is 0.0253. The normalized spacial score (nSPS) is 22.9. The van der Waals surface area contributed by atoms with E-state index in [0.717, 1.165) is 37.1 Å². The van der Waals surface area contributed by atoms with Gasteiger partial charge in [-0.1, -0.05) is 25.0 Å². The Kier molecular flexibility index (Phi) is 3.76. The lowest BCUT2D eigenvalue weighted by Crippen LogP contribution is -2.50. The third-order valence-electron chi connectivity index (χ3n) is 4.49. The van der Waals surface area contributed by atoms with E-state index in [-0.39, 0.29) is 11.9 Å². The van der Waals surface area contributed by atoms with Crippen LogP contribution >= 0.6 is 0 Å². The van der Waals surface area contributed by atoms with E-state index in [1.54, 1.807) is 11.9 Å². The molecule has 3 N–H and O–H groups in total. The van der Waals surface area contributed by atoms with E-state index >= 15 is 0 Å². The van der Waals surface area contributed by atoms with Crippen molar-refractivity contribution < 1.29 is 9.90 Å². The molecule has 1 saturated carbocycles. The number of likely N-dealkylation sites (N-methyl/N-ethyl adjacent to an activating group) is 1. The van der Waals surface area contributed by atoms with Gasteiger partial charge in [0.05, 0.1) is 17.0 Å². The van der Waals surface area contributed by atoms with E-state index in [9.17, 15) is 9.90 Å². The Bertz CT molecular complexity index is 526. The lowest BCUT2D eigenvalue weighted by Gasteiger charge is -2.33.